The molecule has 1 N–H and O–H groups in total. The summed E-state index contributed by atoms with van der Waals surface area (Å²) in [5.41, 5.74) is 4.03. The second kappa shape index (κ2) is 10.9. The van der Waals surface area contributed by atoms with E-state index in [4.69, 9.17) is 25.8 Å². The third-order valence-electron chi connectivity index (χ3n) is 6.65. The Morgan fingerprint density at radius 2 is 1.89 bits per heavy atom. The minimum Gasteiger partial charge on any atom is -0.496 e. The lowest BCUT2D eigenvalue weighted by Gasteiger charge is -2.39. The Kier molecular flexibility index (Phi) is 8.05. The molecule has 2 aromatic rings. The Labute approximate surface area is 231 Å². The van der Waals surface area contributed by atoms with E-state index < -0.39 is 11.9 Å². The number of dihydropyridines is 1. The molecule has 2 aliphatic rings. The van der Waals surface area contributed by atoms with Crippen molar-refractivity contribution >= 4 is 39.3 Å². The van der Waals surface area contributed by atoms with Gasteiger partial charge in [-0.25, -0.2) is 4.79 Å². The Morgan fingerprint density at radius 1 is 1.16 bits per heavy atom. The van der Waals surface area contributed by atoms with Crippen LogP contribution in [0.4, 0.5) is 0 Å². The summed E-state index contributed by atoms with van der Waals surface area (Å²) in [6.07, 6.45) is 1.12. The number of methoxy groups -OCH3 is 1. The molecule has 1 aliphatic carbocycles. The van der Waals surface area contributed by atoms with Gasteiger partial charge in [0.25, 0.3) is 0 Å². The highest BCUT2D eigenvalue weighted by Gasteiger charge is 2.43. The molecule has 0 saturated heterocycles. The lowest BCUT2D eigenvalue weighted by atomic mass is 9.68. The van der Waals surface area contributed by atoms with E-state index in [1.165, 1.54) is 0 Å². The second-order valence-corrected chi connectivity index (χ2v) is 11.4. The number of carbonyl (C=O) groups excluding carboxylic acids is 2. The molecule has 1 atom stereocenters. The van der Waals surface area contributed by atoms with Crippen LogP contribution in [0.15, 0.2) is 63.4 Å². The Hall–Kier alpha value is -2.77. The van der Waals surface area contributed by atoms with Gasteiger partial charge in [0.1, 0.15) is 18.1 Å². The van der Waals surface area contributed by atoms with Crippen LogP contribution in [0.25, 0.3) is 0 Å². The lowest BCUT2D eigenvalue weighted by molar-refractivity contribution is -0.138. The summed E-state index contributed by atoms with van der Waals surface area (Å²) in [5, 5.41) is 3.84. The van der Waals surface area contributed by atoms with E-state index in [1.807, 2.05) is 31.2 Å². The lowest BCUT2D eigenvalue weighted by Crippen LogP contribution is -2.38. The number of carbonyl (C=O) groups is 2. The van der Waals surface area contributed by atoms with E-state index in [1.54, 1.807) is 26.2 Å². The summed E-state index contributed by atoms with van der Waals surface area (Å²) >= 11 is 9.75. The predicted molar refractivity (Wildman–Crippen MR) is 147 cm³/mol. The molecule has 1 heterocycles. The number of esters is 1. The van der Waals surface area contributed by atoms with Crippen LogP contribution in [0.5, 0.6) is 11.5 Å². The maximum Gasteiger partial charge on any atom is 0.336 e. The van der Waals surface area contributed by atoms with Crippen molar-refractivity contribution in [3.05, 3.63) is 79.6 Å². The summed E-state index contributed by atoms with van der Waals surface area (Å²) < 4.78 is 17.9. The third kappa shape index (κ3) is 5.73. The second-order valence-electron chi connectivity index (χ2n) is 10.1. The molecular formula is C29H31BrClNO5. The maximum absolute atomic E-state index is 13.5. The van der Waals surface area contributed by atoms with Crippen LogP contribution >= 0.6 is 27.5 Å². The topological polar surface area (TPSA) is 73.9 Å². The van der Waals surface area contributed by atoms with Crippen molar-refractivity contribution in [2.75, 3.05) is 13.7 Å². The fourth-order valence-electron chi connectivity index (χ4n) is 5.09. The minimum absolute atomic E-state index is 0.0355. The fourth-order valence-corrected chi connectivity index (χ4v) is 5.82. The Bertz CT molecular complexity index is 1310. The third-order valence-corrected chi connectivity index (χ3v) is 7.44. The highest BCUT2D eigenvalue weighted by atomic mass is 79.9. The summed E-state index contributed by atoms with van der Waals surface area (Å²) in [4.78, 5) is 26.7. The van der Waals surface area contributed by atoms with Crippen LogP contribution in [-0.4, -0.2) is 25.5 Å². The standard InChI is InChI=1S/C29H31BrClNO5/c1-6-36-28(34)25-16(2)32-21-13-29(3,4)14-22(33)27(21)26(25)17-7-9-23(35-5)18(11-17)15-37-24-10-8-19(30)12-20(24)31/h7-12,26,32H,6,13-15H2,1-5H3/t26-/m1/s1. The van der Waals surface area contributed by atoms with Gasteiger partial charge in [0.2, 0.25) is 0 Å². The van der Waals surface area contributed by atoms with Crippen molar-refractivity contribution in [1.29, 1.82) is 0 Å². The van der Waals surface area contributed by atoms with Crippen LogP contribution in [-0.2, 0) is 20.9 Å². The van der Waals surface area contributed by atoms with Crippen LogP contribution < -0.4 is 14.8 Å². The highest BCUT2D eigenvalue weighted by Crippen LogP contribution is 2.47. The van der Waals surface area contributed by atoms with Crippen LogP contribution in [0.2, 0.25) is 5.02 Å². The van der Waals surface area contributed by atoms with Gasteiger partial charge < -0.3 is 19.5 Å². The van der Waals surface area contributed by atoms with Crippen LogP contribution in [0, 0.1) is 5.41 Å². The van der Waals surface area contributed by atoms with Crippen LogP contribution in [0.3, 0.4) is 0 Å². The minimum atomic E-state index is -0.556. The Balaban J connectivity index is 1.79. The number of hydrogen-bond donors (Lipinski definition) is 1. The smallest absolute Gasteiger partial charge is 0.336 e. The van der Waals surface area contributed by atoms with Gasteiger partial charge >= 0.3 is 5.97 Å². The largest absolute Gasteiger partial charge is 0.496 e. The zero-order valence-electron chi connectivity index (χ0n) is 21.7. The van der Waals surface area contributed by atoms with Gasteiger partial charge in [0.05, 0.1) is 24.3 Å². The molecule has 0 unspecified atom stereocenters. The van der Waals surface area contributed by atoms with E-state index in [2.05, 4.69) is 35.1 Å². The van der Waals surface area contributed by atoms with Gasteiger partial charge in [-0.1, -0.05) is 47.4 Å². The van der Waals surface area contributed by atoms with Gasteiger partial charge in [-0.15, -0.1) is 0 Å². The van der Waals surface area contributed by atoms with Gasteiger partial charge in [0, 0.05) is 39.3 Å². The average Bonchev–Trinajstić information content (AvgIpc) is 2.81. The van der Waals surface area contributed by atoms with E-state index in [0.717, 1.165) is 21.3 Å². The Morgan fingerprint density at radius 3 is 2.57 bits per heavy atom. The molecule has 1 aliphatic heterocycles. The van der Waals surface area contributed by atoms with Gasteiger partial charge in [-0.3, -0.25) is 4.79 Å². The van der Waals surface area contributed by atoms with Crippen molar-refractivity contribution in [3.8, 4) is 11.5 Å². The number of nitrogens with one attached hydrogen (secondary N) is 1. The number of rotatable bonds is 7. The molecule has 2 aromatic carbocycles. The number of Topliss-reactive ketones (excluding diaryl/α,β-unsaturated/α-hetero) is 1. The SMILES string of the molecule is CCOC(=O)C1=C(C)NC2=C(C(=O)CC(C)(C)C2)[C@@H]1c1ccc(OC)c(COc2ccc(Br)cc2Cl)c1. The molecule has 0 fully saturated rings. The molecule has 0 spiro atoms. The molecule has 0 amide bonds. The van der Waals surface area contributed by atoms with Crippen molar-refractivity contribution in [1.82, 2.24) is 5.32 Å². The normalized spacial score (nSPS) is 18.8. The molecule has 0 aromatic heterocycles. The number of halogens is 2. The van der Waals surface area contributed by atoms with E-state index in [9.17, 15) is 9.59 Å². The molecular weight excluding hydrogens is 558 g/mol. The molecule has 37 heavy (non-hydrogen) atoms. The number of allylic oxidation sites excluding steroid dienone is 3. The first kappa shape index (κ1) is 27.3. The molecule has 196 valence electrons. The highest BCUT2D eigenvalue weighted by molar-refractivity contribution is 9.10. The monoisotopic (exact) mass is 587 g/mol. The average molecular weight is 589 g/mol. The van der Waals surface area contributed by atoms with Crippen molar-refractivity contribution < 1.29 is 23.8 Å². The van der Waals surface area contributed by atoms with Gasteiger partial charge in [0.15, 0.2) is 5.78 Å². The maximum atomic E-state index is 13.5. The molecule has 8 heteroatoms. The first-order chi connectivity index (χ1) is 17.5. The van der Waals surface area contributed by atoms with Crippen LogP contribution in [0.1, 0.15) is 57.6 Å². The summed E-state index contributed by atoms with van der Waals surface area (Å²) in [7, 11) is 1.59. The molecule has 0 saturated carbocycles. The van der Waals surface area contributed by atoms with E-state index >= 15 is 0 Å². The molecule has 4 rings (SSSR count). The molecule has 6 nitrogen and oxygen atoms in total. The van der Waals surface area contributed by atoms with Crippen molar-refractivity contribution in [2.24, 2.45) is 5.41 Å². The summed E-state index contributed by atoms with van der Waals surface area (Å²) in [6, 6.07) is 11.1. The van der Waals surface area contributed by atoms with E-state index in [-0.39, 0.29) is 24.4 Å². The first-order valence-corrected chi connectivity index (χ1v) is 13.4. The van der Waals surface area contributed by atoms with Crippen molar-refractivity contribution in [2.45, 2.75) is 53.1 Å². The van der Waals surface area contributed by atoms with Gasteiger partial charge in [-0.2, -0.15) is 0 Å². The zero-order chi connectivity index (χ0) is 26.9. The number of ether oxygens (including phenoxy) is 3. The van der Waals surface area contributed by atoms with Crippen molar-refractivity contribution in [3.63, 3.8) is 0 Å². The summed E-state index contributed by atoms with van der Waals surface area (Å²) in [5.74, 6) is 0.219. The zero-order valence-corrected chi connectivity index (χ0v) is 24.0. The molecule has 0 radical (unpaired) electrons. The van der Waals surface area contributed by atoms with Gasteiger partial charge in [-0.05, 0) is 61.6 Å². The number of hydrogen-bond acceptors (Lipinski definition) is 6. The van der Waals surface area contributed by atoms with E-state index in [0.29, 0.717) is 46.2 Å². The summed E-state index contributed by atoms with van der Waals surface area (Å²) in [6.45, 7) is 8.23. The fraction of sp³-hybridized carbons (Fsp3) is 0.379. The predicted octanol–water partition coefficient (Wildman–Crippen LogP) is 6.86. The number of benzene rings is 2. The number of ketones is 1. The first-order valence-electron chi connectivity index (χ1n) is 12.2. The quantitative estimate of drug-likeness (QED) is 0.356. The molecule has 0 bridgehead atoms.